The minimum atomic E-state index is 0.133. The number of benzene rings is 1. The number of rotatable bonds is 4. The number of hydrazine groups is 1. The van der Waals surface area contributed by atoms with Crippen LogP contribution >= 0.6 is 27.3 Å². The molecule has 0 saturated carbocycles. The Kier molecular flexibility index (Phi) is 4.06. The number of hydrogen-bond donors (Lipinski definition) is 2. The van der Waals surface area contributed by atoms with Crippen LogP contribution < -0.4 is 11.3 Å². The summed E-state index contributed by atoms with van der Waals surface area (Å²) in [6.45, 7) is 0. The molecule has 1 unspecified atom stereocenters. The van der Waals surface area contributed by atoms with Gasteiger partial charge in [0.05, 0.1) is 11.6 Å². The molecule has 1 atom stereocenters. The summed E-state index contributed by atoms with van der Waals surface area (Å²) in [6.07, 6.45) is 2.72. The van der Waals surface area contributed by atoms with Gasteiger partial charge in [-0.1, -0.05) is 28.1 Å². The largest absolute Gasteiger partial charge is 0.271 e. The first-order valence-corrected chi connectivity index (χ1v) is 6.56. The molecular formula is C11H12BrN3S. The lowest BCUT2D eigenvalue weighted by molar-refractivity contribution is 0.560. The second kappa shape index (κ2) is 5.54. The van der Waals surface area contributed by atoms with E-state index in [-0.39, 0.29) is 6.04 Å². The van der Waals surface area contributed by atoms with Crippen LogP contribution in [0.1, 0.15) is 16.5 Å². The van der Waals surface area contributed by atoms with E-state index < -0.39 is 0 Å². The minimum absolute atomic E-state index is 0.133. The first-order valence-electron chi connectivity index (χ1n) is 4.88. The monoisotopic (exact) mass is 297 g/mol. The predicted molar refractivity (Wildman–Crippen MR) is 70.0 cm³/mol. The van der Waals surface area contributed by atoms with Crippen LogP contribution in [0, 0.1) is 0 Å². The highest BCUT2D eigenvalue weighted by Gasteiger charge is 2.11. The van der Waals surface area contributed by atoms with Crippen LogP contribution in [-0.4, -0.2) is 4.98 Å². The SMILES string of the molecule is NNC(Cc1ccc(Br)cc1)c1cncs1. The zero-order chi connectivity index (χ0) is 11.4. The van der Waals surface area contributed by atoms with Crippen molar-refractivity contribution in [3.63, 3.8) is 0 Å². The second-order valence-electron chi connectivity index (χ2n) is 3.45. The minimum Gasteiger partial charge on any atom is -0.271 e. The molecule has 2 aromatic rings. The van der Waals surface area contributed by atoms with Gasteiger partial charge in [-0.05, 0) is 24.1 Å². The number of halogens is 1. The summed E-state index contributed by atoms with van der Waals surface area (Å²) in [5.41, 5.74) is 5.90. The van der Waals surface area contributed by atoms with Crippen molar-refractivity contribution in [2.24, 2.45) is 5.84 Å². The first-order chi connectivity index (χ1) is 7.79. The second-order valence-corrected chi connectivity index (χ2v) is 5.29. The van der Waals surface area contributed by atoms with Crippen LogP contribution in [0.5, 0.6) is 0 Å². The van der Waals surface area contributed by atoms with Crippen molar-refractivity contribution < 1.29 is 0 Å². The van der Waals surface area contributed by atoms with E-state index in [0.29, 0.717) is 0 Å². The zero-order valence-electron chi connectivity index (χ0n) is 8.56. The van der Waals surface area contributed by atoms with Crippen molar-refractivity contribution in [3.05, 3.63) is 50.9 Å². The molecule has 2 rings (SSSR count). The quantitative estimate of drug-likeness (QED) is 0.674. The molecule has 1 heterocycles. The highest BCUT2D eigenvalue weighted by molar-refractivity contribution is 9.10. The van der Waals surface area contributed by atoms with Gasteiger partial charge in [-0.15, -0.1) is 11.3 Å². The predicted octanol–water partition coefficient (Wildman–Crippen LogP) is 2.65. The van der Waals surface area contributed by atoms with Crippen molar-refractivity contribution in [2.45, 2.75) is 12.5 Å². The summed E-state index contributed by atoms with van der Waals surface area (Å²) >= 11 is 5.03. The molecule has 84 valence electrons. The van der Waals surface area contributed by atoms with E-state index >= 15 is 0 Å². The Balaban J connectivity index is 2.10. The van der Waals surface area contributed by atoms with Gasteiger partial charge in [-0.25, -0.2) is 0 Å². The van der Waals surface area contributed by atoms with Gasteiger partial charge in [-0.2, -0.15) is 0 Å². The van der Waals surface area contributed by atoms with Gasteiger partial charge in [0.2, 0.25) is 0 Å². The van der Waals surface area contributed by atoms with Gasteiger partial charge >= 0.3 is 0 Å². The third kappa shape index (κ3) is 2.89. The molecular weight excluding hydrogens is 286 g/mol. The standard InChI is InChI=1S/C11H12BrN3S/c12-9-3-1-8(2-4-9)5-10(15-13)11-6-14-7-16-11/h1-4,6-7,10,15H,5,13H2. The van der Waals surface area contributed by atoms with Gasteiger partial charge in [0.25, 0.3) is 0 Å². The van der Waals surface area contributed by atoms with Gasteiger partial charge in [0.15, 0.2) is 0 Å². The number of aromatic nitrogens is 1. The summed E-state index contributed by atoms with van der Waals surface area (Å²) in [6, 6.07) is 8.39. The first kappa shape index (κ1) is 11.7. The van der Waals surface area contributed by atoms with E-state index in [0.717, 1.165) is 15.8 Å². The average Bonchev–Trinajstić information content (AvgIpc) is 2.82. The summed E-state index contributed by atoms with van der Waals surface area (Å²) < 4.78 is 1.09. The van der Waals surface area contributed by atoms with Crippen LogP contribution in [0.15, 0.2) is 40.4 Å². The Morgan fingerprint density at radius 3 is 2.69 bits per heavy atom. The molecule has 3 N–H and O–H groups in total. The van der Waals surface area contributed by atoms with E-state index in [1.54, 1.807) is 11.3 Å². The molecule has 0 aliphatic heterocycles. The summed E-state index contributed by atoms with van der Waals surface area (Å²) in [5.74, 6) is 5.56. The Morgan fingerprint density at radius 2 is 2.12 bits per heavy atom. The molecule has 0 radical (unpaired) electrons. The molecule has 0 aliphatic rings. The van der Waals surface area contributed by atoms with E-state index in [9.17, 15) is 0 Å². The molecule has 0 amide bonds. The number of hydrogen-bond acceptors (Lipinski definition) is 4. The van der Waals surface area contributed by atoms with E-state index in [4.69, 9.17) is 5.84 Å². The van der Waals surface area contributed by atoms with Crippen LogP contribution in [0.3, 0.4) is 0 Å². The van der Waals surface area contributed by atoms with Gasteiger partial charge in [0.1, 0.15) is 0 Å². The highest BCUT2D eigenvalue weighted by atomic mass is 79.9. The lowest BCUT2D eigenvalue weighted by Crippen LogP contribution is -2.28. The van der Waals surface area contributed by atoms with Gasteiger partial charge in [0, 0.05) is 15.5 Å². The number of nitrogens with one attached hydrogen (secondary N) is 1. The summed E-state index contributed by atoms with van der Waals surface area (Å²) in [4.78, 5) is 5.22. The fraction of sp³-hybridized carbons (Fsp3) is 0.182. The normalized spacial score (nSPS) is 12.6. The molecule has 0 saturated heterocycles. The van der Waals surface area contributed by atoms with Crippen molar-refractivity contribution in [3.8, 4) is 0 Å². The Bertz CT molecular complexity index is 427. The Morgan fingerprint density at radius 1 is 1.38 bits per heavy atom. The molecule has 0 spiro atoms. The molecule has 0 fully saturated rings. The van der Waals surface area contributed by atoms with Crippen molar-refractivity contribution >= 4 is 27.3 Å². The van der Waals surface area contributed by atoms with Crippen LogP contribution in [0.25, 0.3) is 0 Å². The third-order valence-electron chi connectivity index (χ3n) is 2.35. The van der Waals surface area contributed by atoms with Crippen molar-refractivity contribution in [1.82, 2.24) is 10.4 Å². The van der Waals surface area contributed by atoms with Gasteiger partial charge in [-0.3, -0.25) is 16.3 Å². The van der Waals surface area contributed by atoms with E-state index in [1.165, 1.54) is 5.56 Å². The van der Waals surface area contributed by atoms with Crippen molar-refractivity contribution in [1.29, 1.82) is 0 Å². The Hall–Kier alpha value is -0.750. The molecule has 0 aliphatic carbocycles. The highest BCUT2D eigenvalue weighted by Crippen LogP contribution is 2.21. The fourth-order valence-corrected chi connectivity index (χ4v) is 2.44. The maximum atomic E-state index is 5.56. The van der Waals surface area contributed by atoms with Crippen LogP contribution in [-0.2, 0) is 6.42 Å². The molecule has 16 heavy (non-hydrogen) atoms. The average molecular weight is 298 g/mol. The van der Waals surface area contributed by atoms with Crippen LogP contribution in [0.4, 0.5) is 0 Å². The maximum absolute atomic E-state index is 5.56. The number of thiazole rings is 1. The Labute approximate surface area is 107 Å². The van der Waals surface area contributed by atoms with Crippen molar-refractivity contribution in [2.75, 3.05) is 0 Å². The third-order valence-corrected chi connectivity index (χ3v) is 3.77. The molecule has 5 heteroatoms. The molecule has 1 aromatic heterocycles. The van der Waals surface area contributed by atoms with E-state index in [1.807, 2.05) is 23.8 Å². The topological polar surface area (TPSA) is 50.9 Å². The summed E-state index contributed by atoms with van der Waals surface area (Å²) in [5, 5.41) is 0. The lowest BCUT2D eigenvalue weighted by Gasteiger charge is -2.13. The summed E-state index contributed by atoms with van der Waals surface area (Å²) in [7, 11) is 0. The fourth-order valence-electron chi connectivity index (χ4n) is 1.50. The number of nitrogens with zero attached hydrogens (tertiary/aromatic N) is 1. The van der Waals surface area contributed by atoms with E-state index in [2.05, 4.69) is 38.5 Å². The smallest absolute Gasteiger partial charge is 0.0794 e. The number of nitrogens with two attached hydrogens (primary N) is 1. The zero-order valence-corrected chi connectivity index (χ0v) is 11.0. The van der Waals surface area contributed by atoms with Gasteiger partial charge < -0.3 is 0 Å². The van der Waals surface area contributed by atoms with Crippen LogP contribution in [0.2, 0.25) is 0 Å². The molecule has 1 aromatic carbocycles. The maximum Gasteiger partial charge on any atom is 0.0794 e. The molecule has 0 bridgehead atoms. The molecule has 3 nitrogen and oxygen atoms in total. The lowest BCUT2D eigenvalue weighted by atomic mass is 10.1.